The Balaban J connectivity index is 2.30. The van der Waals surface area contributed by atoms with Crippen LogP contribution in [0.4, 0.5) is 0 Å². The van der Waals surface area contributed by atoms with E-state index >= 15 is 0 Å². The van der Waals surface area contributed by atoms with Gasteiger partial charge in [0.05, 0.1) is 9.75 Å². The minimum absolute atomic E-state index is 0.0109. The lowest BCUT2D eigenvalue weighted by molar-refractivity contribution is -0.123. The number of nitrogens with one attached hydrogen (secondary N) is 1. The number of sulfonamides is 1. The molecule has 0 saturated heterocycles. The van der Waals surface area contributed by atoms with E-state index in [2.05, 4.69) is 20.7 Å². The number of hydrogen-bond donors (Lipinski definition) is 1. The van der Waals surface area contributed by atoms with E-state index in [1.54, 1.807) is 38.1 Å². The highest BCUT2D eigenvalue weighted by atomic mass is 79.9. The van der Waals surface area contributed by atoms with E-state index in [9.17, 15) is 13.2 Å². The molecule has 1 heterocycles. The Bertz CT molecular complexity index is 845. The zero-order valence-corrected chi connectivity index (χ0v) is 16.8. The largest absolute Gasteiger partial charge is 0.273 e. The molecule has 2 aromatic rings. The summed E-state index contributed by atoms with van der Waals surface area (Å²) in [4.78, 5) is 12.3. The maximum absolute atomic E-state index is 12.5. The summed E-state index contributed by atoms with van der Waals surface area (Å²) in [5.74, 6) is -0.654. The molecule has 4 nitrogen and oxygen atoms in total. The van der Waals surface area contributed by atoms with E-state index in [0.717, 1.165) is 15.8 Å². The van der Waals surface area contributed by atoms with Crippen LogP contribution < -0.4 is 4.72 Å². The monoisotopic (exact) mass is 455 g/mol. The summed E-state index contributed by atoms with van der Waals surface area (Å²) in [6.45, 7) is 3.28. The number of carbonyl (C=O) groups is 1. The van der Waals surface area contributed by atoms with Gasteiger partial charge in [0.15, 0.2) is 0 Å². The average Bonchev–Trinajstić information content (AvgIpc) is 2.78. The van der Waals surface area contributed by atoms with Crippen LogP contribution >= 0.6 is 50.5 Å². The van der Waals surface area contributed by atoms with Crippen molar-refractivity contribution in [3.63, 3.8) is 0 Å². The SMILES string of the molecule is CC(C)(C(=O)NS(=O)(=O)c1cc(Cl)sc1Cl)c1ccc(Br)cc1. The highest BCUT2D eigenvalue weighted by molar-refractivity contribution is 9.10. The molecule has 0 bridgehead atoms. The van der Waals surface area contributed by atoms with E-state index in [0.29, 0.717) is 5.56 Å². The third-order valence-corrected chi connectivity index (χ3v) is 6.89. The Labute approximate surface area is 157 Å². The summed E-state index contributed by atoms with van der Waals surface area (Å²) < 4.78 is 27.8. The van der Waals surface area contributed by atoms with Crippen molar-refractivity contribution in [2.24, 2.45) is 0 Å². The first kappa shape index (κ1) is 18.7. The molecule has 1 aromatic heterocycles. The van der Waals surface area contributed by atoms with Crippen LogP contribution in [0, 0.1) is 0 Å². The highest BCUT2D eigenvalue weighted by Gasteiger charge is 2.34. The number of hydrogen-bond acceptors (Lipinski definition) is 4. The maximum atomic E-state index is 12.5. The van der Waals surface area contributed by atoms with Gasteiger partial charge in [0, 0.05) is 4.47 Å². The molecule has 0 saturated carbocycles. The number of benzene rings is 1. The summed E-state index contributed by atoms with van der Waals surface area (Å²) in [7, 11) is -4.08. The summed E-state index contributed by atoms with van der Waals surface area (Å²) in [5, 5.41) is 0. The summed E-state index contributed by atoms with van der Waals surface area (Å²) in [6, 6.07) is 8.30. The number of halogens is 3. The number of amides is 1. The Kier molecular flexibility index (Phi) is 5.48. The quantitative estimate of drug-likeness (QED) is 0.730. The Morgan fingerprint density at radius 2 is 1.78 bits per heavy atom. The van der Waals surface area contributed by atoms with Crippen LogP contribution in [0.15, 0.2) is 39.7 Å². The molecule has 124 valence electrons. The van der Waals surface area contributed by atoms with Crippen molar-refractivity contribution in [2.45, 2.75) is 24.2 Å². The van der Waals surface area contributed by atoms with Gasteiger partial charge in [0.25, 0.3) is 10.0 Å². The molecule has 0 atom stereocenters. The van der Waals surface area contributed by atoms with E-state index < -0.39 is 21.3 Å². The van der Waals surface area contributed by atoms with Gasteiger partial charge in [-0.05, 0) is 37.6 Å². The van der Waals surface area contributed by atoms with Gasteiger partial charge in [-0.2, -0.15) is 0 Å². The molecule has 1 amide bonds. The first-order valence-electron chi connectivity index (χ1n) is 6.32. The lowest BCUT2D eigenvalue weighted by Crippen LogP contribution is -2.43. The lowest BCUT2D eigenvalue weighted by atomic mass is 9.84. The molecule has 0 unspecified atom stereocenters. The lowest BCUT2D eigenvalue weighted by Gasteiger charge is -2.24. The highest BCUT2D eigenvalue weighted by Crippen LogP contribution is 2.34. The molecule has 23 heavy (non-hydrogen) atoms. The van der Waals surface area contributed by atoms with Gasteiger partial charge in [0.1, 0.15) is 9.23 Å². The molecule has 0 radical (unpaired) electrons. The molecule has 0 aliphatic heterocycles. The first-order valence-corrected chi connectivity index (χ1v) is 10.2. The van der Waals surface area contributed by atoms with Crippen molar-refractivity contribution in [3.8, 4) is 0 Å². The van der Waals surface area contributed by atoms with Gasteiger partial charge >= 0.3 is 0 Å². The van der Waals surface area contributed by atoms with Crippen molar-refractivity contribution in [1.29, 1.82) is 0 Å². The Hall–Kier alpha value is -0.600. The minimum Gasteiger partial charge on any atom is -0.273 e. The Morgan fingerprint density at radius 1 is 1.22 bits per heavy atom. The second-order valence-electron chi connectivity index (χ2n) is 5.25. The van der Waals surface area contributed by atoms with Gasteiger partial charge in [-0.3, -0.25) is 4.79 Å². The van der Waals surface area contributed by atoms with Gasteiger partial charge in [0.2, 0.25) is 5.91 Å². The van der Waals surface area contributed by atoms with Crippen LogP contribution in [0.1, 0.15) is 19.4 Å². The van der Waals surface area contributed by atoms with Gasteiger partial charge in [-0.15, -0.1) is 11.3 Å². The summed E-state index contributed by atoms with van der Waals surface area (Å²) >= 11 is 15.9. The van der Waals surface area contributed by atoms with E-state index in [1.807, 2.05) is 0 Å². The van der Waals surface area contributed by atoms with Gasteiger partial charge < -0.3 is 0 Å². The van der Waals surface area contributed by atoms with Gasteiger partial charge in [-0.1, -0.05) is 51.3 Å². The topological polar surface area (TPSA) is 63.2 Å². The summed E-state index contributed by atoms with van der Waals surface area (Å²) in [6.07, 6.45) is 0. The van der Waals surface area contributed by atoms with Crippen LogP contribution in [-0.2, 0) is 20.2 Å². The molecule has 0 aliphatic rings. The normalized spacial score (nSPS) is 12.2. The molecule has 1 N–H and O–H groups in total. The predicted molar refractivity (Wildman–Crippen MR) is 96.8 cm³/mol. The second-order valence-corrected chi connectivity index (χ2v) is 10.1. The van der Waals surface area contributed by atoms with Crippen molar-refractivity contribution in [1.82, 2.24) is 4.72 Å². The molecule has 0 aliphatic carbocycles. The van der Waals surface area contributed by atoms with E-state index in [4.69, 9.17) is 23.2 Å². The Morgan fingerprint density at radius 3 is 2.26 bits per heavy atom. The van der Waals surface area contributed by atoms with Crippen LogP contribution in [-0.4, -0.2) is 14.3 Å². The number of thiophene rings is 1. The smallest absolute Gasteiger partial charge is 0.266 e. The fraction of sp³-hybridized carbons (Fsp3) is 0.214. The first-order chi connectivity index (χ1) is 10.5. The van der Waals surface area contributed by atoms with Crippen molar-refractivity contribution in [2.75, 3.05) is 0 Å². The molecule has 0 spiro atoms. The number of carbonyl (C=O) groups excluding carboxylic acids is 1. The summed E-state index contributed by atoms with van der Waals surface area (Å²) in [5.41, 5.74) is -0.358. The fourth-order valence-corrected chi connectivity index (χ4v) is 5.34. The fourth-order valence-electron chi connectivity index (χ4n) is 1.81. The standard InChI is InChI=1S/C14H12BrCl2NO3S2/c1-14(2,8-3-5-9(15)6-4-8)13(19)18-23(20,21)10-7-11(16)22-12(10)17/h3-7H,1-2H3,(H,18,19). The molecular formula is C14H12BrCl2NO3S2. The maximum Gasteiger partial charge on any atom is 0.266 e. The van der Waals surface area contributed by atoms with E-state index in [1.165, 1.54) is 6.07 Å². The van der Waals surface area contributed by atoms with Gasteiger partial charge in [-0.25, -0.2) is 13.1 Å². The third-order valence-electron chi connectivity index (χ3n) is 3.28. The third kappa shape index (κ3) is 4.09. The van der Waals surface area contributed by atoms with Crippen LogP contribution in [0.2, 0.25) is 8.67 Å². The zero-order chi connectivity index (χ0) is 17.4. The van der Waals surface area contributed by atoms with Crippen LogP contribution in [0.5, 0.6) is 0 Å². The zero-order valence-electron chi connectivity index (χ0n) is 12.1. The molecular weight excluding hydrogens is 445 g/mol. The van der Waals surface area contributed by atoms with Crippen LogP contribution in [0.3, 0.4) is 0 Å². The second kappa shape index (κ2) is 6.72. The molecule has 9 heteroatoms. The van der Waals surface area contributed by atoms with Crippen molar-refractivity contribution >= 4 is 66.4 Å². The molecule has 0 fully saturated rings. The van der Waals surface area contributed by atoms with E-state index in [-0.39, 0.29) is 13.6 Å². The number of rotatable bonds is 4. The van der Waals surface area contributed by atoms with Crippen molar-refractivity contribution in [3.05, 3.63) is 49.0 Å². The molecule has 1 aromatic carbocycles. The van der Waals surface area contributed by atoms with Crippen LogP contribution in [0.25, 0.3) is 0 Å². The predicted octanol–water partition coefficient (Wildman–Crippen LogP) is 4.60. The minimum atomic E-state index is -4.08. The average molecular weight is 457 g/mol. The van der Waals surface area contributed by atoms with Crippen molar-refractivity contribution < 1.29 is 13.2 Å². The molecule has 2 rings (SSSR count).